The van der Waals surface area contributed by atoms with Crippen molar-refractivity contribution in [1.82, 2.24) is 0 Å². The zero-order valence-electron chi connectivity index (χ0n) is 27.7. The molecule has 0 aliphatic rings. The van der Waals surface area contributed by atoms with Gasteiger partial charge >= 0.3 is 0 Å². The van der Waals surface area contributed by atoms with Crippen LogP contribution < -0.4 is 0 Å². The van der Waals surface area contributed by atoms with Crippen molar-refractivity contribution in [2.75, 3.05) is 0 Å². The fourth-order valence-electron chi connectivity index (χ4n) is 7.57. The summed E-state index contributed by atoms with van der Waals surface area (Å²) in [5.74, 6) is 0.377. The summed E-state index contributed by atoms with van der Waals surface area (Å²) < 4.78 is 0. The van der Waals surface area contributed by atoms with Gasteiger partial charge in [-0.2, -0.15) is 0 Å². The number of fused-ring (bicyclic) bond motifs is 4. The van der Waals surface area contributed by atoms with Gasteiger partial charge in [0.15, 0.2) is 0 Å². The normalized spacial score (nSPS) is 12.7. The lowest BCUT2D eigenvalue weighted by Crippen LogP contribution is -2.10. The second-order valence-electron chi connectivity index (χ2n) is 14.2. The Morgan fingerprint density at radius 3 is 1.55 bits per heavy atom. The van der Waals surface area contributed by atoms with Crippen LogP contribution in [0.25, 0.3) is 65.3 Å². The van der Waals surface area contributed by atoms with Crippen molar-refractivity contribution in [1.29, 1.82) is 0 Å². The average molecular weight is 605 g/mol. The third-order valence-corrected chi connectivity index (χ3v) is 10.1. The van der Waals surface area contributed by atoms with Crippen LogP contribution in [0.5, 0.6) is 0 Å². The summed E-state index contributed by atoms with van der Waals surface area (Å²) in [5, 5.41) is 10.4. The van der Waals surface area contributed by atoms with E-state index in [0.717, 1.165) is 6.42 Å². The Morgan fingerprint density at radius 1 is 0.447 bits per heavy atom. The molecule has 8 aromatic carbocycles. The van der Waals surface area contributed by atoms with Gasteiger partial charge in [-0.1, -0.05) is 173 Å². The summed E-state index contributed by atoms with van der Waals surface area (Å²) in [6.07, 6.45) is 1.01. The van der Waals surface area contributed by atoms with Gasteiger partial charge < -0.3 is 0 Å². The lowest BCUT2D eigenvalue weighted by Gasteiger charge is -2.24. The fourth-order valence-corrected chi connectivity index (χ4v) is 7.57. The highest BCUT2D eigenvalue weighted by atomic mass is 14.3. The predicted molar refractivity (Wildman–Crippen MR) is 205 cm³/mol. The van der Waals surface area contributed by atoms with Gasteiger partial charge in [0, 0.05) is 0 Å². The molecule has 0 spiro atoms. The van der Waals surface area contributed by atoms with Crippen molar-refractivity contribution in [3.05, 3.63) is 168 Å². The van der Waals surface area contributed by atoms with Crippen LogP contribution in [0.4, 0.5) is 0 Å². The number of benzene rings is 8. The zero-order valence-corrected chi connectivity index (χ0v) is 27.7. The van der Waals surface area contributed by atoms with E-state index in [2.05, 4.69) is 179 Å². The standard InChI is InChI=1S/C47H40/c1-31(28-32-14-6-5-7-15-32)35-24-26-41-43(29-35)45(39-22-12-18-33-16-8-10-20-37(33)39)42-27-25-36(47(2,3)4)30-44(42)46(41)40-23-13-19-34-17-9-11-21-38(34)40/h5-27,29-31H,28H2,1-4H3. The first-order valence-corrected chi connectivity index (χ1v) is 16.9. The molecule has 0 heterocycles. The Balaban J connectivity index is 1.52. The van der Waals surface area contributed by atoms with Crippen LogP contribution in [-0.4, -0.2) is 0 Å². The molecule has 0 nitrogen and oxygen atoms in total. The minimum absolute atomic E-state index is 0.0233. The van der Waals surface area contributed by atoms with Crippen molar-refractivity contribution in [3.63, 3.8) is 0 Å². The van der Waals surface area contributed by atoms with Gasteiger partial charge in [-0.05, 0) is 106 Å². The molecule has 0 saturated heterocycles. The van der Waals surface area contributed by atoms with Crippen LogP contribution in [0.1, 0.15) is 50.3 Å². The minimum atomic E-state index is 0.0233. The van der Waals surface area contributed by atoms with E-state index in [9.17, 15) is 0 Å². The summed E-state index contributed by atoms with van der Waals surface area (Å²) >= 11 is 0. The van der Waals surface area contributed by atoms with Crippen LogP contribution in [0.15, 0.2) is 152 Å². The monoisotopic (exact) mass is 604 g/mol. The summed E-state index contributed by atoms with van der Waals surface area (Å²) in [6, 6.07) is 56.7. The van der Waals surface area contributed by atoms with E-state index in [-0.39, 0.29) is 5.41 Å². The van der Waals surface area contributed by atoms with Crippen molar-refractivity contribution >= 4 is 43.1 Å². The van der Waals surface area contributed by atoms with Crippen LogP contribution >= 0.6 is 0 Å². The molecule has 0 saturated carbocycles. The molecule has 0 N–H and O–H groups in total. The minimum Gasteiger partial charge on any atom is -0.0622 e. The Kier molecular flexibility index (Phi) is 7.18. The summed E-state index contributed by atoms with van der Waals surface area (Å²) in [7, 11) is 0. The first-order valence-electron chi connectivity index (χ1n) is 16.9. The lowest BCUT2D eigenvalue weighted by molar-refractivity contribution is 0.591. The van der Waals surface area contributed by atoms with Crippen molar-refractivity contribution in [3.8, 4) is 22.3 Å². The van der Waals surface area contributed by atoms with Gasteiger partial charge in [0.1, 0.15) is 0 Å². The molecular formula is C47H40. The van der Waals surface area contributed by atoms with E-state index in [4.69, 9.17) is 0 Å². The molecule has 47 heavy (non-hydrogen) atoms. The maximum atomic E-state index is 2.51. The van der Waals surface area contributed by atoms with E-state index in [1.807, 2.05) is 0 Å². The number of hydrogen-bond acceptors (Lipinski definition) is 0. The Labute approximate surface area is 278 Å². The summed E-state index contributed by atoms with van der Waals surface area (Å²) in [5.41, 5.74) is 9.35. The molecular weight excluding hydrogens is 565 g/mol. The van der Waals surface area contributed by atoms with Crippen LogP contribution in [0, 0.1) is 0 Å². The Morgan fingerprint density at radius 2 is 0.957 bits per heavy atom. The zero-order chi connectivity index (χ0) is 32.1. The molecule has 0 amide bonds. The maximum absolute atomic E-state index is 2.51. The molecule has 0 aromatic heterocycles. The second kappa shape index (κ2) is 11.6. The van der Waals surface area contributed by atoms with Crippen molar-refractivity contribution in [2.24, 2.45) is 0 Å². The second-order valence-corrected chi connectivity index (χ2v) is 14.2. The molecule has 0 bridgehead atoms. The van der Waals surface area contributed by atoms with Gasteiger partial charge in [0.05, 0.1) is 0 Å². The molecule has 0 aliphatic carbocycles. The lowest BCUT2D eigenvalue weighted by atomic mass is 9.79. The maximum Gasteiger partial charge on any atom is -0.00200 e. The first kappa shape index (κ1) is 29.2. The Hall–Kier alpha value is -5.20. The van der Waals surface area contributed by atoms with Crippen molar-refractivity contribution in [2.45, 2.75) is 45.4 Å². The van der Waals surface area contributed by atoms with Crippen LogP contribution in [0.3, 0.4) is 0 Å². The van der Waals surface area contributed by atoms with E-state index in [1.54, 1.807) is 0 Å². The van der Waals surface area contributed by atoms with Gasteiger partial charge in [0.2, 0.25) is 0 Å². The molecule has 228 valence electrons. The third kappa shape index (κ3) is 5.19. The molecule has 0 radical (unpaired) electrons. The summed E-state index contributed by atoms with van der Waals surface area (Å²) in [6.45, 7) is 9.32. The largest absolute Gasteiger partial charge is 0.0622 e. The summed E-state index contributed by atoms with van der Waals surface area (Å²) in [4.78, 5) is 0. The number of rotatable bonds is 5. The van der Waals surface area contributed by atoms with E-state index in [0.29, 0.717) is 5.92 Å². The highest BCUT2D eigenvalue weighted by molar-refractivity contribution is 6.25. The van der Waals surface area contributed by atoms with E-state index < -0.39 is 0 Å². The molecule has 8 aromatic rings. The first-order chi connectivity index (χ1) is 22.9. The van der Waals surface area contributed by atoms with Crippen LogP contribution in [0.2, 0.25) is 0 Å². The Bertz CT molecular complexity index is 2410. The SMILES string of the molecule is CC(Cc1ccccc1)c1ccc2c(-c3cccc4ccccc34)c3cc(C(C)(C)C)ccc3c(-c3cccc4ccccc34)c2c1. The average Bonchev–Trinajstić information content (AvgIpc) is 3.10. The topological polar surface area (TPSA) is 0 Å². The molecule has 0 heteroatoms. The van der Waals surface area contributed by atoms with E-state index in [1.165, 1.54) is 82.0 Å². The molecule has 0 aliphatic heterocycles. The third-order valence-electron chi connectivity index (χ3n) is 10.1. The highest BCUT2D eigenvalue weighted by Crippen LogP contribution is 2.48. The van der Waals surface area contributed by atoms with Gasteiger partial charge in [-0.25, -0.2) is 0 Å². The number of hydrogen-bond donors (Lipinski definition) is 0. The molecule has 0 fully saturated rings. The van der Waals surface area contributed by atoms with Crippen LogP contribution in [-0.2, 0) is 11.8 Å². The van der Waals surface area contributed by atoms with E-state index >= 15 is 0 Å². The quantitative estimate of drug-likeness (QED) is 0.171. The molecule has 1 atom stereocenters. The fraction of sp³-hybridized carbons (Fsp3) is 0.149. The van der Waals surface area contributed by atoms with Gasteiger partial charge in [0.25, 0.3) is 0 Å². The van der Waals surface area contributed by atoms with Crippen molar-refractivity contribution < 1.29 is 0 Å². The predicted octanol–water partition coefficient (Wildman–Crippen LogP) is 13.3. The van der Waals surface area contributed by atoms with Gasteiger partial charge in [-0.3, -0.25) is 0 Å². The smallest absolute Gasteiger partial charge is 0.00200 e. The van der Waals surface area contributed by atoms with Gasteiger partial charge in [-0.15, -0.1) is 0 Å². The molecule has 8 rings (SSSR count). The highest BCUT2D eigenvalue weighted by Gasteiger charge is 2.23. The molecule has 1 unspecified atom stereocenters.